The van der Waals surface area contributed by atoms with Crippen molar-refractivity contribution >= 4 is 29.7 Å². The lowest BCUT2D eigenvalue weighted by Crippen LogP contribution is -2.58. The van der Waals surface area contributed by atoms with E-state index in [1.54, 1.807) is 0 Å². The molecule has 0 fully saturated rings. The Hall–Kier alpha value is -2.77. The van der Waals surface area contributed by atoms with Gasteiger partial charge in [0.15, 0.2) is 0 Å². The van der Waals surface area contributed by atoms with Crippen LogP contribution in [0.4, 0.5) is 0 Å². The van der Waals surface area contributed by atoms with Crippen molar-refractivity contribution in [1.82, 2.24) is 16.0 Å². The molecule has 0 aromatic heterocycles. The molecule has 0 aromatic rings. The Balaban J connectivity index is 5.17. The number of nitrogens with one attached hydrogen (secondary N) is 3. The number of hydrogen-bond donors (Lipinski definition) is 8. The number of hydrogen-bond acceptors (Lipinski definition) is 8. The molecule has 0 heterocycles. The molecule has 9 N–H and O–H groups in total. The second-order valence-electron chi connectivity index (χ2n) is 6.07. The monoisotopic (exact) mass is 406 g/mol. The van der Waals surface area contributed by atoms with Gasteiger partial charge in [0.25, 0.3) is 0 Å². The third kappa shape index (κ3) is 8.75. The van der Waals surface area contributed by atoms with E-state index < -0.39 is 73.0 Å². The van der Waals surface area contributed by atoms with Crippen molar-refractivity contribution in [1.29, 1.82) is 0 Å². The van der Waals surface area contributed by atoms with Crippen LogP contribution in [-0.2, 0) is 24.0 Å². The third-order valence-corrected chi connectivity index (χ3v) is 3.65. The molecule has 13 heteroatoms. The molecule has 0 aliphatic carbocycles. The smallest absolute Gasteiger partial charge is 0.325 e. The van der Waals surface area contributed by atoms with Gasteiger partial charge in [0.05, 0.1) is 12.7 Å². The average molecular weight is 406 g/mol. The predicted molar refractivity (Wildman–Crippen MR) is 92.7 cm³/mol. The molecular weight excluding hydrogens is 380 g/mol. The number of aliphatic hydroxyl groups is 2. The quantitative estimate of drug-likeness (QED) is 0.157. The van der Waals surface area contributed by atoms with Gasteiger partial charge in [-0.15, -0.1) is 0 Å². The van der Waals surface area contributed by atoms with Gasteiger partial charge in [-0.05, 0) is 20.3 Å². The molecule has 5 unspecified atom stereocenters. The van der Waals surface area contributed by atoms with Crippen molar-refractivity contribution in [2.24, 2.45) is 5.73 Å². The Morgan fingerprint density at radius 1 is 0.893 bits per heavy atom. The zero-order chi connectivity index (χ0) is 22.0. The SMILES string of the molecule is CC(NC(=O)C(CO)NC(=O)C(CCC(=O)O)NC(=O)C(N)C(C)O)C(=O)O. The maximum absolute atomic E-state index is 12.3. The summed E-state index contributed by atoms with van der Waals surface area (Å²) in [5.74, 6) is -5.50. The number of nitrogens with two attached hydrogens (primary N) is 1. The second kappa shape index (κ2) is 11.8. The Bertz CT molecular complexity index is 596. The van der Waals surface area contributed by atoms with E-state index in [1.807, 2.05) is 0 Å². The molecule has 0 aliphatic heterocycles. The first-order chi connectivity index (χ1) is 12.9. The molecule has 3 amide bonds. The van der Waals surface area contributed by atoms with Crippen LogP contribution in [0, 0.1) is 0 Å². The van der Waals surface area contributed by atoms with Gasteiger partial charge in [0, 0.05) is 6.42 Å². The number of carbonyl (C=O) groups is 5. The topological polar surface area (TPSA) is 228 Å². The minimum atomic E-state index is -1.54. The lowest BCUT2D eigenvalue weighted by atomic mass is 10.1. The normalized spacial score (nSPS) is 16.0. The van der Waals surface area contributed by atoms with Crippen molar-refractivity contribution in [3.05, 3.63) is 0 Å². The molecule has 0 spiro atoms. The van der Waals surface area contributed by atoms with Crippen LogP contribution in [0.5, 0.6) is 0 Å². The van der Waals surface area contributed by atoms with E-state index >= 15 is 0 Å². The predicted octanol–water partition coefficient (Wildman–Crippen LogP) is -3.89. The van der Waals surface area contributed by atoms with E-state index in [1.165, 1.54) is 13.8 Å². The van der Waals surface area contributed by atoms with Gasteiger partial charge < -0.3 is 42.1 Å². The van der Waals surface area contributed by atoms with Crippen LogP contribution in [0.1, 0.15) is 26.7 Å². The average Bonchev–Trinajstić information content (AvgIpc) is 2.61. The minimum absolute atomic E-state index is 0.356. The summed E-state index contributed by atoms with van der Waals surface area (Å²) in [5, 5.41) is 42.5. The fourth-order valence-corrected chi connectivity index (χ4v) is 1.87. The summed E-state index contributed by atoms with van der Waals surface area (Å²) in [4.78, 5) is 57.8. The van der Waals surface area contributed by atoms with Crippen LogP contribution in [0.2, 0.25) is 0 Å². The number of aliphatic carboxylic acids is 2. The summed E-state index contributed by atoms with van der Waals surface area (Å²) < 4.78 is 0. The highest BCUT2D eigenvalue weighted by atomic mass is 16.4. The van der Waals surface area contributed by atoms with Gasteiger partial charge in [-0.3, -0.25) is 24.0 Å². The zero-order valence-electron chi connectivity index (χ0n) is 15.4. The molecule has 28 heavy (non-hydrogen) atoms. The molecule has 0 saturated heterocycles. The van der Waals surface area contributed by atoms with Crippen molar-refractivity contribution in [2.75, 3.05) is 6.61 Å². The highest BCUT2D eigenvalue weighted by Gasteiger charge is 2.30. The first-order valence-corrected chi connectivity index (χ1v) is 8.30. The van der Waals surface area contributed by atoms with Crippen LogP contribution < -0.4 is 21.7 Å². The fraction of sp³-hybridized carbons (Fsp3) is 0.667. The number of carbonyl (C=O) groups excluding carboxylic acids is 3. The van der Waals surface area contributed by atoms with Crippen molar-refractivity contribution in [3.8, 4) is 0 Å². The summed E-state index contributed by atoms with van der Waals surface area (Å²) >= 11 is 0. The molecular formula is C15H26N4O9. The fourth-order valence-electron chi connectivity index (χ4n) is 1.87. The molecule has 0 aliphatic rings. The molecule has 13 nitrogen and oxygen atoms in total. The zero-order valence-corrected chi connectivity index (χ0v) is 15.4. The molecule has 0 radical (unpaired) electrons. The maximum atomic E-state index is 12.3. The summed E-state index contributed by atoms with van der Waals surface area (Å²) in [6.07, 6.45) is -2.10. The first-order valence-electron chi connectivity index (χ1n) is 8.30. The van der Waals surface area contributed by atoms with E-state index in [-0.39, 0.29) is 6.42 Å². The van der Waals surface area contributed by atoms with Crippen LogP contribution in [0.15, 0.2) is 0 Å². The number of carboxylic acids is 2. The molecule has 0 saturated carbocycles. The summed E-state index contributed by atoms with van der Waals surface area (Å²) in [7, 11) is 0. The first kappa shape index (κ1) is 25.2. The van der Waals surface area contributed by atoms with Gasteiger partial charge in [-0.2, -0.15) is 0 Å². The van der Waals surface area contributed by atoms with Crippen LogP contribution in [0.25, 0.3) is 0 Å². The number of amides is 3. The molecule has 160 valence electrons. The Labute approximate surface area is 160 Å². The summed E-state index contributed by atoms with van der Waals surface area (Å²) in [5.41, 5.74) is 5.45. The van der Waals surface area contributed by atoms with Crippen molar-refractivity contribution < 1.29 is 44.4 Å². The Kier molecular flexibility index (Phi) is 10.7. The lowest BCUT2D eigenvalue weighted by molar-refractivity contribution is -0.142. The number of carboxylic acid groups (broad SMARTS) is 2. The van der Waals surface area contributed by atoms with Gasteiger partial charge >= 0.3 is 11.9 Å². The molecule has 0 bridgehead atoms. The standard InChI is InChI=1S/C15H26N4O9/c1-6(15(27)28)17-13(25)9(5-20)19-12(24)8(3-4-10(22)23)18-14(26)11(16)7(2)21/h6-9,11,20-21H,3-5,16H2,1-2H3,(H,17,25)(H,18,26)(H,19,24)(H,22,23)(H,27,28). The van der Waals surface area contributed by atoms with E-state index in [2.05, 4.69) is 16.0 Å². The largest absolute Gasteiger partial charge is 0.481 e. The maximum Gasteiger partial charge on any atom is 0.325 e. The van der Waals surface area contributed by atoms with Crippen LogP contribution in [0.3, 0.4) is 0 Å². The summed E-state index contributed by atoms with van der Waals surface area (Å²) in [6.45, 7) is 1.53. The van der Waals surface area contributed by atoms with Crippen LogP contribution in [-0.4, -0.2) is 87.0 Å². The van der Waals surface area contributed by atoms with Crippen LogP contribution >= 0.6 is 0 Å². The summed E-state index contributed by atoms with van der Waals surface area (Å²) in [6, 6.07) is -5.63. The minimum Gasteiger partial charge on any atom is -0.481 e. The van der Waals surface area contributed by atoms with E-state index in [9.17, 15) is 34.2 Å². The van der Waals surface area contributed by atoms with Gasteiger partial charge in [-0.1, -0.05) is 0 Å². The second-order valence-corrected chi connectivity index (χ2v) is 6.07. The number of rotatable bonds is 12. The molecule has 0 aromatic carbocycles. The van der Waals surface area contributed by atoms with E-state index in [4.69, 9.17) is 15.9 Å². The van der Waals surface area contributed by atoms with Crippen molar-refractivity contribution in [3.63, 3.8) is 0 Å². The number of aliphatic hydroxyl groups excluding tert-OH is 2. The Morgan fingerprint density at radius 3 is 1.82 bits per heavy atom. The van der Waals surface area contributed by atoms with E-state index in [0.29, 0.717) is 0 Å². The van der Waals surface area contributed by atoms with Crippen molar-refractivity contribution in [2.45, 2.75) is 57.0 Å². The van der Waals surface area contributed by atoms with Gasteiger partial charge in [0.1, 0.15) is 24.2 Å². The van der Waals surface area contributed by atoms with E-state index in [0.717, 1.165) is 0 Å². The molecule has 5 atom stereocenters. The van der Waals surface area contributed by atoms with Gasteiger partial charge in [0.2, 0.25) is 17.7 Å². The highest BCUT2D eigenvalue weighted by molar-refractivity contribution is 5.94. The van der Waals surface area contributed by atoms with Gasteiger partial charge in [-0.25, -0.2) is 0 Å². The Morgan fingerprint density at radius 2 is 1.39 bits per heavy atom. The lowest BCUT2D eigenvalue weighted by Gasteiger charge is -2.24. The molecule has 0 rings (SSSR count). The highest BCUT2D eigenvalue weighted by Crippen LogP contribution is 2.01. The third-order valence-electron chi connectivity index (χ3n) is 3.65.